The number of nitrogens with one attached hydrogen (secondary N) is 2. The minimum absolute atomic E-state index is 0.412. The van der Waals surface area contributed by atoms with Crippen LogP contribution in [0.5, 0.6) is 0 Å². The fourth-order valence-corrected chi connectivity index (χ4v) is 5.79. The molecule has 2 aromatic heterocycles. The normalized spacial score (nSPS) is 12.5. The zero-order valence-electron chi connectivity index (χ0n) is 17.5. The molecule has 162 valence electrons. The molecule has 10 heteroatoms. The van der Waals surface area contributed by atoms with E-state index in [1.54, 1.807) is 12.3 Å². The molecule has 0 fully saturated rings. The van der Waals surface area contributed by atoms with Crippen molar-refractivity contribution in [1.29, 1.82) is 0 Å². The van der Waals surface area contributed by atoms with Crippen LogP contribution in [0, 0.1) is 0 Å². The second kappa shape index (κ2) is 11.9. The van der Waals surface area contributed by atoms with Crippen LogP contribution in [0.2, 0.25) is 0 Å². The van der Waals surface area contributed by atoms with Gasteiger partial charge in [-0.25, -0.2) is 8.42 Å². The molecule has 0 amide bonds. The summed E-state index contributed by atoms with van der Waals surface area (Å²) in [7, 11) is -3.38. The summed E-state index contributed by atoms with van der Waals surface area (Å²) in [4.78, 5) is 5.63. The van der Waals surface area contributed by atoms with Gasteiger partial charge >= 0.3 is 0 Å². The third-order valence-corrected chi connectivity index (χ3v) is 7.98. The van der Waals surface area contributed by atoms with Crippen molar-refractivity contribution in [1.82, 2.24) is 24.7 Å². The van der Waals surface area contributed by atoms with Gasteiger partial charge < -0.3 is 10.6 Å². The highest BCUT2D eigenvalue weighted by atomic mass is 32.2. The molecule has 0 aliphatic heterocycles. The first-order valence-electron chi connectivity index (χ1n) is 10.1. The smallest absolute Gasteiger partial charge is 0.252 e. The number of thiophene rings is 1. The topological polar surface area (TPSA) is 91.6 Å². The Kier molecular flexibility index (Phi) is 9.62. The van der Waals surface area contributed by atoms with Gasteiger partial charge in [-0.1, -0.05) is 13.8 Å². The lowest BCUT2D eigenvalue weighted by atomic mass is 10.3. The summed E-state index contributed by atoms with van der Waals surface area (Å²) in [6.07, 6.45) is 5.38. The Labute approximate surface area is 178 Å². The van der Waals surface area contributed by atoms with Gasteiger partial charge in [0.05, 0.1) is 0 Å². The number of nitrogens with zero attached hydrogens (tertiary/aromatic N) is 4. The third-order valence-electron chi connectivity index (χ3n) is 4.32. The summed E-state index contributed by atoms with van der Waals surface area (Å²) in [5.41, 5.74) is 0. The number of guanidine groups is 1. The first-order valence-corrected chi connectivity index (χ1v) is 12.3. The number of aryl methyl sites for hydroxylation is 1. The Bertz CT molecular complexity index is 842. The van der Waals surface area contributed by atoms with Gasteiger partial charge in [0, 0.05) is 56.5 Å². The van der Waals surface area contributed by atoms with Gasteiger partial charge in [-0.2, -0.15) is 9.40 Å². The molecular weight excluding hydrogens is 408 g/mol. The van der Waals surface area contributed by atoms with Crippen molar-refractivity contribution < 1.29 is 8.42 Å². The molecule has 0 atom stereocenters. The maximum absolute atomic E-state index is 12.6. The van der Waals surface area contributed by atoms with Gasteiger partial charge in [0.2, 0.25) is 0 Å². The Morgan fingerprint density at radius 3 is 2.69 bits per heavy atom. The van der Waals surface area contributed by atoms with Crippen LogP contribution in [0.3, 0.4) is 0 Å². The molecule has 0 saturated carbocycles. The van der Waals surface area contributed by atoms with E-state index in [0.29, 0.717) is 30.4 Å². The van der Waals surface area contributed by atoms with Crippen molar-refractivity contribution in [2.45, 2.75) is 44.4 Å². The molecule has 2 N–H and O–H groups in total. The molecule has 0 spiro atoms. The van der Waals surface area contributed by atoms with Crippen molar-refractivity contribution in [2.24, 2.45) is 4.99 Å². The van der Waals surface area contributed by atoms with Crippen LogP contribution < -0.4 is 10.6 Å². The molecule has 0 aliphatic carbocycles. The molecule has 0 unspecified atom stereocenters. The molecule has 0 bridgehead atoms. The predicted octanol–water partition coefficient (Wildman–Crippen LogP) is 2.16. The fourth-order valence-electron chi connectivity index (χ4n) is 2.82. The third kappa shape index (κ3) is 7.13. The number of hydrogen-bond donors (Lipinski definition) is 2. The highest BCUT2D eigenvalue weighted by Gasteiger charge is 2.23. The van der Waals surface area contributed by atoms with Gasteiger partial charge in [0.25, 0.3) is 10.0 Å². The summed E-state index contributed by atoms with van der Waals surface area (Å²) < 4.78 is 29.0. The van der Waals surface area contributed by atoms with Crippen LogP contribution in [0.25, 0.3) is 0 Å². The van der Waals surface area contributed by atoms with E-state index in [1.807, 2.05) is 43.8 Å². The van der Waals surface area contributed by atoms with E-state index in [4.69, 9.17) is 0 Å². The molecular formula is C19H32N6O2S2. The lowest BCUT2D eigenvalue weighted by molar-refractivity contribution is 0.447. The Morgan fingerprint density at radius 1 is 1.24 bits per heavy atom. The van der Waals surface area contributed by atoms with E-state index >= 15 is 0 Å². The molecule has 0 aliphatic rings. The molecule has 2 rings (SSSR count). The lowest BCUT2D eigenvalue weighted by Crippen LogP contribution is -2.38. The zero-order chi connectivity index (χ0) is 21.1. The summed E-state index contributed by atoms with van der Waals surface area (Å²) >= 11 is 1.34. The molecule has 0 saturated heterocycles. The monoisotopic (exact) mass is 440 g/mol. The van der Waals surface area contributed by atoms with Crippen molar-refractivity contribution in [3.63, 3.8) is 0 Å². The number of rotatable bonds is 12. The lowest BCUT2D eigenvalue weighted by Gasteiger charge is -2.16. The maximum atomic E-state index is 12.6. The van der Waals surface area contributed by atoms with E-state index in [9.17, 15) is 8.42 Å². The number of sulfonamides is 1. The highest BCUT2D eigenvalue weighted by Crippen LogP contribution is 2.25. The molecule has 0 aromatic carbocycles. The van der Waals surface area contributed by atoms with E-state index in [0.717, 1.165) is 36.8 Å². The average Bonchev–Trinajstić information content (AvgIpc) is 3.38. The number of aliphatic imine (C=N–C) groups is 1. The predicted molar refractivity (Wildman–Crippen MR) is 119 cm³/mol. The summed E-state index contributed by atoms with van der Waals surface area (Å²) in [6.45, 7) is 9.74. The van der Waals surface area contributed by atoms with Crippen molar-refractivity contribution in [2.75, 3.05) is 32.7 Å². The average molecular weight is 441 g/mol. The van der Waals surface area contributed by atoms with Gasteiger partial charge in [0.15, 0.2) is 5.96 Å². The van der Waals surface area contributed by atoms with E-state index in [2.05, 4.69) is 20.7 Å². The standard InChI is InChI=1S/C19H32N6O2S2/c1-4-20-19(21-12-7-15-24-16-8-13-23-24)22-14-11-17-9-10-18(28-17)29(26,27)25(5-2)6-3/h8-10,13,16H,4-7,11-12,14-15H2,1-3H3,(H2,20,21,22). The van der Waals surface area contributed by atoms with Crippen molar-refractivity contribution in [3.8, 4) is 0 Å². The van der Waals surface area contributed by atoms with Crippen LogP contribution in [0.4, 0.5) is 0 Å². The molecule has 2 aromatic rings. The molecule has 2 heterocycles. The van der Waals surface area contributed by atoms with E-state index in [-0.39, 0.29) is 0 Å². The van der Waals surface area contributed by atoms with E-state index < -0.39 is 10.0 Å². The molecule has 29 heavy (non-hydrogen) atoms. The Hall–Kier alpha value is -1.91. The molecule has 8 nitrogen and oxygen atoms in total. The van der Waals surface area contributed by atoms with Gasteiger partial charge in [-0.15, -0.1) is 11.3 Å². The van der Waals surface area contributed by atoms with Gasteiger partial charge in [0.1, 0.15) is 4.21 Å². The quantitative estimate of drug-likeness (QED) is 0.300. The van der Waals surface area contributed by atoms with E-state index in [1.165, 1.54) is 15.6 Å². The van der Waals surface area contributed by atoms with Crippen LogP contribution in [0.1, 0.15) is 32.1 Å². The summed E-state index contributed by atoms with van der Waals surface area (Å²) in [5.74, 6) is 0.778. The summed E-state index contributed by atoms with van der Waals surface area (Å²) in [5, 5.41) is 10.7. The highest BCUT2D eigenvalue weighted by molar-refractivity contribution is 7.91. The number of aromatic nitrogens is 2. The SMILES string of the molecule is CCNC(=NCCCn1cccn1)NCCc1ccc(S(=O)(=O)N(CC)CC)s1. The minimum atomic E-state index is -3.38. The fraction of sp³-hybridized carbons (Fsp3) is 0.579. The van der Waals surface area contributed by atoms with Crippen molar-refractivity contribution >= 4 is 27.3 Å². The first kappa shape index (κ1) is 23.4. The zero-order valence-corrected chi connectivity index (χ0v) is 19.1. The second-order valence-corrected chi connectivity index (χ2v) is 9.70. The minimum Gasteiger partial charge on any atom is -0.357 e. The second-order valence-electron chi connectivity index (χ2n) is 6.37. The van der Waals surface area contributed by atoms with Crippen LogP contribution in [0.15, 0.2) is 39.8 Å². The largest absolute Gasteiger partial charge is 0.357 e. The van der Waals surface area contributed by atoms with Gasteiger partial charge in [-0.05, 0) is 38.0 Å². The number of hydrogen-bond acceptors (Lipinski definition) is 5. The first-order chi connectivity index (χ1) is 14.0. The maximum Gasteiger partial charge on any atom is 0.252 e. The van der Waals surface area contributed by atoms with Crippen LogP contribution >= 0.6 is 11.3 Å². The van der Waals surface area contributed by atoms with Crippen LogP contribution in [-0.4, -0.2) is 61.2 Å². The Balaban J connectivity index is 1.83. The van der Waals surface area contributed by atoms with Crippen LogP contribution in [-0.2, 0) is 23.0 Å². The van der Waals surface area contributed by atoms with Gasteiger partial charge in [-0.3, -0.25) is 9.67 Å². The summed E-state index contributed by atoms with van der Waals surface area (Å²) in [6, 6.07) is 5.53. The molecule has 0 radical (unpaired) electrons. The van der Waals surface area contributed by atoms with Crippen molar-refractivity contribution in [3.05, 3.63) is 35.5 Å². The Morgan fingerprint density at radius 2 is 2.03 bits per heavy atom.